The van der Waals surface area contributed by atoms with Crippen molar-refractivity contribution >= 4 is 27.5 Å². The van der Waals surface area contributed by atoms with Gasteiger partial charge in [0.15, 0.2) is 11.9 Å². The maximum absolute atomic E-state index is 12.6. The highest BCUT2D eigenvalue weighted by atomic mass is 32.2. The lowest BCUT2D eigenvalue weighted by molar-refractivity contribution is -0.124. The molecular formula is C21H25NO5S. The number of ketones is 1. The van der Waals surface area contributed by atoms with Crippen LogP contribution in [0.25, 0.3) is 0 Å². The molecule has 0 heterocycles. The SMILES string of the molecule is CCCCc1ccc(NS(=O)(=O)c2cccc(C(=O)OC(C)C(C)=O)c2)cc1. The van der Waals surface area contributed by atoms with Gasteiger partial charge in [0, 0.05) is 5.69 Å². The van der Waals surface area contributed by atoms with Gasteiger partial charge in [0.05, 0.1) is 10.5 Å². The maximum atomic E-state index is 12.6. The Hall–Kier alpha value is -2.67. The third-order valence-corrected chi connectivity index (χ3v) is 5.64. The van der Waals surface area contributed by atoms with Crippen LogP contribution in [0.15, 0.2) is 53.4 Å². The average molecular weight is 404 g/mol. The van der Waals surface area contributed by atoms with Crippen LogP contribution < -0.4 is 4.72 Å². The van der Waals surface area contributed by atoms with Crippen molar-refractivity contribution in [2.75, 3.05) is 4.72 Å². The van der Waals surface area contributed by atoms with E-state index in [2.05, 4.69) is 11.6 Å². The number of carbonyl (C=O) groups is 2. The van der Waals surface area contributed by atoms with Crippen LogP contribution in [0.4, 0.5) is 5.69 Å². The van der Waals surface area contributed by atoms with Crippen molar-refractivity contribution in [3.8, 4) is 0 Å². The van der Waals surface area contributed by atoms with E-state index in [0.717, 1.165) is 24.8 Å². The van der Waals surface area contributed by atoms with Gasteiger partial charge >= 0.3 is 5.97 Å². The largest absolute Gasteiger partial charge is 0.451 e. The molecule has 150 valence electrons. The van der Waals surface area contributed by atoms with Gasteiger partial charge in [-0.2, -0.15) is 0 Å². The number of unbranched alkanes of at least 4 members (excludes halogenated alkanes) is 1. The normalized spacial score (nSPS) is 12.2. The van der Waals surface area contributed by atoms with Crippen molar-refractivity contribution in [2.24, 2.45) is 0 Å². The third kappa shape index (κ3) is 5.92. The van der Waals surface area contributed by atoms with Crippen LogP contribution in [0.3, 0.4) is 0 Å². The molecule has 7 heteroatoms. The number of hydrogen-bond acceptors (Lipinski definition) is 5. The summed E-state index contributed by atoms with van der Waals surface area (Å²) in [5, 5.41) is 0. The topological polar surface area (TPSA) is 89.5 Å². The summed E-state index contributed by atoms with van der Waals surface area (Å²) in [4.78, 5) is 23.3. The molecule has 1 atom stereocenters. The number of aryl methyl sites for hydroxylation is 1. The molecule has 0 saturated carbocycles. The monoisotopic (exact) mass is 403 g/mol. The predicted octanol–water partition coefficient (Wildman–Crippen LogP) is 3.96. The molecule has 0 saturated heterocycles. The molecule has 0 bridgehead atoms. The van der Waals surface area contributed by atoms with Crippen LogP contribution in [-0.4, -0.2) is 26.3 Å². The molecule has 0 aromatic heterocycles. The zero-order valence-corrected chi connectivity index (χ0v) is 17.1. The molecule has 0 spiro atoms. The summed E-state index contributed by atoms with van der Waals surface area (Å²) in [6.45, 7) is 4.90. The Labute approximate surface area is 166 Å². The number of anilines is 1. The van der Waals surface area contributed by atoms with Crippen LogP contribution in [0.5, 0.6) is 0 Å². The summed E-state index contributed by atoms with van der Waals surface area (Å²) in [6, 6.07) is 12.7. The van der Waals surface area contributed by atoms with Crippen molar-refractivity contribution in [1.29, 1.82) is 0 Å². The predicted molar refractivity (Wildman–Crippen MR) is 108 cm³/mol. The number of Topliss-reactive ketones (excluding diaryl/α,β-unsaturated/α-hetero) is 1. The zero-order chi connectivity index (χ0) is 20.7. The summed E-state index contributed by atoms with van der Waals surface area (Å²) in [5.41, 5.74) is 1.65. The van der Waals surface area contributed by atoms with E-state index in [0.29, 0.717) is 5.69 Å². The van der Waals surface area contributed by atoms with E-state index >= 15 is 0 Å². The van der Waals surface area contributed by atoms with E-state index in [-0.39, 0.29) is 16.2 Å². The first-order valence-corrected chi connectivity index (χ1v) is 10.6. The molecular weight excluding hydrogens is 378 g/mol. The van der Waals surface area contributed by atoms with Crippen molar-refractivity contribution in [3.63, 3.8) is 0 Å². The number of nitrogens with one attached hydrogen (secondary N) is 1. The Balaban J connectivity index is 2.15. The molecule has 0 aliphatic carbocycles. The molecule has 0 aliphatic heterocycles. The number of ether oxygens (including phenoxy) is 1. The molecule has 1 unspecified atom stereocenters. The molecule has 2 aromatic rings. The smallest absolute Gasteiger partial charge is 0.338 e. The van der Waals surface area contributed by atoms with Gasteiger partial charge in [0.25, 0.3) is 10.0 Å². The van der Waals surface area contributed by atoms with Crippen molar-refractivity contribution in [1.82, 2.24) is 0 Å². The first kappa shape index (κ1) is 21.6. The minimum absolute atomic E-state index is 0.0610. The van der Waals surface area contributed by atoms with Crippen LogP contribution in [-0.2, 0) is 26.0 Å². The molecule has 6 nitrogen and oxygen atoms in total. The first-order valence-electron chi connectivity index (χ1n) is 9.16. The Morgan fingerprint density at radius 3 is 2.39 bits per heavy atom. The van der Waals surface area contributed by atoms with E-state index in [1.807, 2.05) is 12.1 Å². The number of rotatable bonds is 9. The number of esters is 1. The minimum atomic E-state index is -3.87. The van der Waals surface area contributed by atoms with E-state index in [4.69, 9.17) is 4.74 Å². The second kappa shape index (κ2) is 9.50. The quantitative estimate of drug-likeness (QED) is 0.640. The summed E-state index contributed by atoms with van der Waals surface area (Å²) < 4.78 is 32.8. The molecule has 28 heavy (non-hydrogen) atoms. The number of hydrogen-bond donors (Lipinski definition) is 1. The fraction of sp³-hybridized carbons (Fsp3) is 0.333. The standard InChI is InChI=1S/C21H25NO5S/c1-4-5-7-17-10-12-19(13-11-17)22-28(25,26)20-9-6-8-18(14-20)21(24)27-16(3)15(2)23/h6,8-14,16,22H,4-5,7H2,1-3H3. The first-order chi connectivity index (χ1) is 13.2. The van der Waals surface area contributed by atoms with Crippen molar-refractivity contribution < 1.29 is 22.7 Å². The second-order valence-corrected chi connectivity index (χ2v) is 8.27. The third-order valence-electron chi connectivity index (χ3n) is 4.26. The highest BCUT2D eigenvalue weighted by molar-refractivity contribution is 7.92. The van der Waals surface area contributed by atoms with Gasteiger partial charge in [0.2, 0.25) is 0 Å². The fourth-order valence-electron chi connectivity index (χ4n) is 2.44. The van der Waals surface area contributed by atoms with Gasteiger partial charge in [-0.1, -0.05) is 31.5 Å². The summed E-state index contributed by atoms with van der Waals surface area (Å²) in [5.74, 6) is -1.04. The van der Waals surface area contributed by atoms with Gasteiger partial charge in [-0.25, -0.2) is 13.2 Å². The zero-order valence-electron chi connectivity index (χ0n) is 16.3. The van der Waals surface area contributed by atoms with Crippen LogP contribution >= 0.6 is 0 Å². The Morgan fingerprint density at radius 2 is 1.79 bits per heavy atom. The number of carbonyl (C=O) groups excluding carboxylic acids is 2. The molecule has 2 aromatic carbocycles. The second-order valence-electron chi connectivity index (χ2n) is 6.59. The van der Waals surface area contributed by atoms with Crippen molar-refractivity contribution in [3.05, 3.63) is 59.7 Å². The van der Waals surface area contributed by atoms with E-state index in [1.54, 1.807) is 12.1 Å². The molecule has 0 fully saturated rings. The Morgan fingerprint density at radius 1 is 1.11 bits per heavy atom. The summed E-state index contributed by atoms with van der Waals surface area (Å²) in [6.07, 6.45) is 2.23. The van der Waals surface area contributed by atoms with Gasteiger partial charge in [-0.15, -0.1) is 0 Å². The number of sulfonamides is 1. The molecule has 1 N–H and O–H groups in total. The summed E-state index contributed by atoms with van der Waals surface area (Å²) >= 11 is 0. The average Bonchev–Trinajstić information content (AvgIpc) is 2.67. The van der Waals surface area contributed by atoms with Crippen LogP contribution in [0, 0.1) is 0 Å². The van der Waals surface area contributed by atoms with Crippen LogP contribution in [0.2, 0.25) is 0 Å². The maximum Gasteiger partial charge on any atom is 0.338 e. The van der Waals surface area contributed by atoms with Gasteiger partial charge in [-0.3, -0.25) is 9.52 Å². The molecule has 0 radical (unpaired) electrons. The highest BCUT2D eigenvalue weighted by Gasteiger charge is 2.19. The van der Waals surface area contributed by atoms with Crippen LogP contribution in [0.1, 0.15) is 49.5 Å². The lowest BCUT2D eigenvalue weighted by Gasteiger charge is -2.12. The highest BCUT2D eigenvalue weighted by Crippen LogP contribution is 2.19. The van der Waals surface area contributed by atoms with E-state index in [9.17, 15) is 18.0 Å². The van der Waals surface area contributed by atoms with E-state index in [1.165, 1.54) is 38.1 Å². The van der Waals surface area contributed by atoms with Crippen molar-refractivity contribution in [2.45, 2.75) is 51.0 Å². The summed E-state index contributed by atoms with van der Waals surface area (Å²) in [7, 11) is -3.87. The molecule has 0 amide bonds. The van der Waals surface area contributed by atoms with Gasteiger partial charge < -0.3 is 4.74 Å². The minimum Gasteiger partial charge on any atom is -0.451 e. The van der Waals surface area contributed by atoms with Gasteiger partial charge in [0.1, 0.15) is 0 Å². The number of benzene rings is 2. The lowest BCUT2D eigenvalue weighted by atomic mass is 10.1. The van der Waals surface area contributed by atoms with E-state index < -0.39 is 22.1 Å². The Bertz CT molecular complexity index is 936. The Kier molecular flexibility index (Phi) is 7.34. The fourth-order valence-corrected chi connectivity index (χ4v) is 3.54. The molecule has 2 rings (SSSR count). The van der Waals surface area contributed by atoms with Gasteiger partial charge in [-0.05, 0) is 62.6 Å². The molecule has 0 aliphatic rings. The lowest BCUT2D eigenvalue weighted by Crippen LogP contribution is -2.22.